The summed E-state index contributed by atoms with van der Waals surface area (Å²) in [5, 5.41) is 3.62. The van der Waals surface area contributed by atoms with Gasteiger partial charge in [-0.1, -0.05) is 6.92 Å². The van der Waals surface area contributed by atoms with Gasteiger partial charge < -0.3 is 5.32 Å². The van der Waals surface area contributed by atoms with E-state index < -0.39 is 9.84 Å². The number of anilines is 1. The average molecular weight is 293 g/mol. The molecule has 110 valence electrons. The molecular weight excluding hydrogens is 270 g/mol. The van der Waals surface area contributed by atoms with E-state index in [4.69, 9.17) is 0 Å². The highest BCUT2D eigenvalue weighted by Crippen LogP contribution is 2.45. The maximum atomic E-state index is 12.0. The minimum Gasteiger partial charge on any atom is -0.382 e. The Morgan fingerprint density at radius 1 is 1.10 bits per heavy atom. The highest BCUT2D eigenvalue weighted by atomic mass is 32.2. The SMILES string of the molecule is CCCS(=O)(=O)c1ccc(NC(C2CC2)C2CC2)cc1. The van der Waals surface area contributed by atoms with Gasteiger partial charge in [0.1, 0.15) is 0 Å². The standard InChI is InChI=1S/C16H23NO2S/c1-2-11-20(18,19)15-9-7-14(8-10-15)17-16(12-3-4-12)13-5-6-13/h7-10,12-13,16-17H,2-6,11H2,1H3. The average Bonchev–Trinajstić information content (AvgIpc) is 3.29. The second kappa shape index (κ2) is 5.40. The number of sulfone groups is 1. The first-order chi connectivity index (χ1) is 9.60. The minimum atomic E-state index is -3.09. The Kier molecular flexibility index (Phi) is 3.76. The van der Waals surface area contributed by atoms with Gasteiger partial charge in [0.15, 0.2) is 9.84 Å². The van der Waals surface area contributed by atoms with Gasteiger partial charge in [0, 0.05) is 11.7 Å². The van der Waals surface area contributed by atoms with Crippen LogP contribution in [-0.2, 0) is 9.84 Å². The van der Waals surface area contributed by atoms with E-state index in [-0.39, 0.29) is 5.75 Å². The molecule has 2 aliphatic rings. The molecule has 0 spiro atoms. The third-order valence-electron chi connectivity index (χ3n) is 4.28. The topological polar surface area (TPSA) is 46.2 Å². The van der Waals surface area contributed by atoms with Crippen molar-refractivity contribution in [2.24, 2.45) is 11.8 Å². The Balaban J connectivity index is 1.69. The number of hydrogen-bond donors (Lipinski definition) is 1. The Hall–Kier alpha value is -1.03. The zero-order chi connectivity index (χ0) is 14.2. The van der Waals surface area contributed by atoms with E-state index in [1.165, 1.54) is 25.7 Å². The molecule has 0 atom stereocenters. The van der Waals surface area contributed by atoms with Crippen LogP contribution in [0.2, 0.25) is 0 Å². The van der Waals surface area contributed by atoms with Gasteiger partial charge in [-0.3, -0.25) is 0 Å². The van der Waals surface area contributed by atoms with Crippen LogP contribution in [0.1, 0.15) is 39.0 Å². The van der Waals surface area contributed by atoms with Crippen LogP contribution in [0.15, 0.2) is 29.2 Å². The van der Waals surface area contributed by atoms with E-state index in [9.17, 15) is 8.42 Å². The summed E-state index contributed by atoms with van der Waals surface area (Å²) in [5.41, 5.74) is 1.06. The summed E-state index contributed by atoms with van der Waals surface area (Å²) >= 11 is 0. The van der Waals surface area contributed by atoms with Gasteiger partial charge in [-0.2, -0.15) is 0 Å². The van der Waals surface area contributed by atoms with Crippen LogP contribution < -0.4 is 5.32 Å². The normalized spacial score (nSPS) is 19.3. The molecule has 1 aromatic rings. The van der Waals surface area contributed by atoms with Crippen molar-refractivity contribution in [3.05, 3.63) is 24.3 Å². The second-order valence-electron chi connectivity index (χ2n) is 6.19. The lowest BCUT2D eigenvalue weighted by molar-refractivity contribution is 0.567. The fourth-order valence-electron chi connectivity index (χ4n) is 2.87. The van der Waals surface area contributed by atoms with E-state index >= 15 is 0 Å². The van der Waals surface area contributed by atoms with E-state index in [2.05, 4.69) is 5.32 Å². The summed E-state index contributed by atoms with van der Waals surface area (Å²) in [5.74, 6) is 1.91. The van der Waals surface area contributed by atoms with E-state index in [0.717, 1.165) is 17.5 Å². The third-order valence-corrected chi connectivity index (χ3v) is 6.22. The molecule has 0 unspecified atom stereocenters. The Bertz CT molecular complexity index is 545. The molecule has 0 aromatic heterocycles. The molecular formula is C16H23NO2S. The summed E-state index contributed by atoms with van der Waals surface area (Å²) in [6.07, 6.45) is 6.04. The van der Waals surface area contributed by atoms with Crippen molar-refractivity contribution in [1.29, 1.82) is 0 Å². The Labute approximate surface area is 121 Å². The number of hydrogen-bond acceptors (Lipinski definition) is 3. The van der Waals surface area contributed by atoms with Gasteiger partial charge in [0.25, 0.3) is 0 Å². The highest BCUT2D eigenvalue weighted by Gasteiger charge is 2.41. The van der Waals surface area contributed by atoms with Crippen LogP contribution in [0.3, 0.4) is 0 Å². The first-order valence-electron chi connectivity index (χ1n) is 7.69. The molecule has 2 fully saturated rings. The van der Waals surface area contributed by atoms with Crippen molar-refractivity contribution in [2.45, 2.75) is 50.0 Å². The molecule has 0 bridgehead atoms. The van der Waals surface area contributed by atoms with Crippen molar-refractivity contribution >= 4 is 15.5 Å². The summed E-state index contributed by atoms with van der Waals surface area (Å²) in [4.78, 5) is 0.444. The molecule has 4 heteroatoms. The molecule has 0 heterocycles. The Morgan fingerprint density at radius 3 is 2.10 bits per heavy atom. The van der Waals surface area contributed by atoms with Crippen molar-refractivity contribution in [2.75, 3.05) is 11.1 Å². The third kappa shape index (κ3) is 3.17. The maximum Gasteiger partial charge on any atom is 0.178 e. The van der Waals surface area contributed by atoms with Gasteiger partial charge in [-0.15, -0.1) is 0 Å². The predicted octanol–water partition coefficient (Wildman–Crippen LogP) is 3.47. The molecule has 3 rings (SSSR count). The zero-order valence-electron chi connectivity index (χ0n) is 12.0. The van der Waals surface area contributed by atoms with Crippen LogP contribution in [0.25, 0.3) is 0 Å². The van der Waals surface area contributed by atoms with E-state index in [0.29, 0.717) is 17.4 Å². The summed E-state index contributed by atoms with van der Waals surface area (Å²) in [7, 11) is -3.09. The Morgan fingerprint density at radius 2 is 1.65 bits per heavy atom. The summed E-state index contributed by atoms with van der Waals surface area (Å²) < 4.78 is 24.0. The largest absolute Gasteiger partial charge is 0.382 e. The number of nitrogens with one attached hydrogen (secondary N) is 1. The van der Waals surface area contributed by atoms with Gasteiger partial charge in [0.05, 0.1) is 10.6 Å². The second-order valence-corrected chi connectivity index (χ2v) is 8.30. The first-order valence-corrected chi connectivity index (χ1v) is 9.35. The molecule has 0 aliphatic heterocycles. The lowest BCUT2D eigenvalue weighted by Crippen LogP contribution is -2.24. The molecule has 2 saturated carbocycles. The molecule has 3 nitrogen and oxygen atoms in total. The number of benzene rings is 1. The summed E-state index contributed by atoms with van der Waals surface area (Å²) in [6.45, 7) is 1.89. The van der Waals surface area contributed by atoms with Gasteiger partial charge in [-0.25, -0.2) is 8.42 Å². The van der Waals surface area contributed by atoms with E-state index in [1.54, 1.807) is 12.1 Å². The van der Waals surface area contributed by atoms with Crippen LogP contribution in [-0.4, -0.2) is 20.2 Å². The van der Waals surface area contributed by atoms with Crippen LogP contribution >= 0.6 is 0 Å². The van der Waals surface area contributed by atoms with Crippen LogP contribution in [0, 0.1) is 11.8 Å². The quantitative estimate of drug-likeness (QED) is 0.837. The van der Waals surface area contributed by atoms with E-state index in [1.807, 2.05) is 19.1 Å². The smallest absolute Gasteiger partial charge is 0.178 e. The zero-order valence-corrected chi connectivity index (χ0v) is 12.8. The van der Waals surface area contributed by atoms with Gasteiger partial charge in [0.2, 0.25) is 0 Å². The lowest BCUT2D eigenvalue weighted by atomic mass is 10.1. The van der Waals surface area contributed by atoms with Gasteiger partial charge >= 0.3 is 0 Å². The molecule has 1 N–H and O–H groups in total. The fourth-order valence-corrected chi connectivity index (χ4v) is 4.19. The van der Waals surface area contributed by atoms with Crippen LogP contribution in [0.5, 0.6) is 0 Å². The molecule has 0 saturated heterocycles. The molecule has 2 aliphatic carbocycles. The number of rotatable bonds is 7. The fraction of sp³-hybridized carbons (Fsp3) is 0.625. The molecule has 1 aromatic carbocycles. The lowest BCUT2D eigenvalue weighted by Gasteiger charge is -2.19. The van der Waals surface area contributed by atoms with Crippen molar-refractivity contribution in [3.63, 3.8) is 0 Å². The maximum absolute atomic E-state index is 12.0. The van der Waals surface area contributed by atoms with Crippen molar-refractivity contribution < 1.29 is 8.42 Å². The van der Waals surface area contributed by atoms with Crippen LogP contribution in [0.4, 0.5) is 5.69 Å². The molecule has 20 heavy (non-hydrogen) atoms. The summed E-state index contributed by atoms with van der Waals surface area (Å²) in [6, 6.07) is 7.92. The monoisotopic (exact) mass is 293 g/mol. The minimum absolute atomic E-state index is 0.229. The first kappa shape index (κ1) is 13.9. The highest BCUT2D eigenvalue weighted by molar-refractivity contribution is 7.91. The molecule has 0 amide bonds. The van der Waals surface area contributed by atoms with Crippen molar-refractivity contribution in [3.8, 4) is 0 Å². The van der Waals surface area contributed by atoms with Gasteiger partial charge in [-0.05, 0) is 68.2 Å². The molecule has 0 radical (unpaired) electrons. The predicted molar refractivity (Wildman–Crippen MR) is 81.6 cm³/mol. The van der Waals surface area contributed by atoms with Crippen molar-refractivity contribution in [1.82, 2.24) is 0 Å².